The smallest absolute Gasteiger partial charge is 0.339 e. The molecule has 0 aliphatic rings. The topological polar surface area (TPSA) is 123 Å². The highest BCUT2D eigenvalue weighted by Gasteiger charge is 2.21. The van der Waals surface area contributed by atoms with Gasteiger partial charge in [-0.2, -0.15) is 4.98 Å². The van der Waals surface area contributed by atoms with Gasteiger partial charge in [0.05, 0.1) is 7.11 Å². The molecule has 1 amide bonds. The van der Waals surface area contributed by atoms with Crippen LogP contribution in [0.5, 0.6) is 0 Å². The molecule has 1 aromatic rings. The molecule has 0 saturated carbocycles. The number of rotatable bonds is 5. The van der Waals surface area contributed by atoms with E-state index in [4.69, 9.17) is 0 Å². The van der Waals surface area contributed by atoms with Crippen molar-refractivity contribution in [2.45, 2.75) is 18.1 Å². The molecule has 0 saturated heterocycles. The van der Waals surface area contributed by atoms with Crippen molar-refractivity contribution in [3.05, 3.63) is 20.7 Å². The number of aromatic amines is 1. The lowest BCUT2D eigenvalue weighted by Gasteiger charge is -2.15. The van der Waals surface area contributed by atoms with Crippen LogP contribution in [0.15, 0.2) is 14.7 Å². The highest BCUT2D eigenvalue weighted by atomic mass is 32.2. The van der Waals surface area contributed by atoms with Crippen LogP contribution in [0.4, 0.5) is 0 Å². The summed E-state index contributed by atoms with van der Waals surface area (Å²) in [5.41, 5.74) is -1.75. The maximum absolute atomic E-state index is 11.5. The third kappa shape index (κ3) is 4.23. The van der Waals surface area contributed by atoms with Gasteiger partial charge in [0.2, 0.25) is 5.91 Å². The van der Waals surface area contributed by atoms with Gasteiger partial charge in [0.15, 0.2) is 5.16 Å². The average molecular weight is 302 g/mol. The molecule has 0 aliphatic carbocycles. The summed E-state index contributed by atoms with van der Waals surface area (Å²) in [6, 6.07) is -0.869. The highest BCUT2D eigenvalue weighted by Crippen LogP contribution is 2.13. The number of hydrogen-bond donors (Lipinski definition) is 2. The quantitative estimate of drug-likeness (QED) is 0.375. The first-order valence-electron chi connectivity index (χ1n) is 5.50. The first kappa shape index (κ1) is 16.0. The normalized spacial score (nSPS) is 11.8. The number of carbonyl (C=O) groups is 2. The summed E-state index contributed by atoms with van der Waals surface area (Å²) in [5, 5.41) is 4.92. The van der Waals surface area contributed by atoms with E-state index in [-0.39, 0.29) is 16.8 Å². The van der Waals surface area contributed by atoms with Gasteiger partial charge in [-0.25, -0.2) is 4.79 Å². The molecule has 1 rings (SSSR count). The monoisotopic (exact) mass is 302 g/mol. The van der Waals surface area contributed by atoms with E-state index >= 15 is 0 Å². The number of carbonyl (C=O) groups excluding carboxylic acids is 2. The van der Waals surface area contributed by atoms with E-state index in [9.17, 15) is 19.2 Å². The lowest BCUT2D eigenvalue weighted by Crippen LogP contribution is -2.42. The van der Waals surface area contributed by atoms with Gasteiger partial charge in [0.25, 0.3) is 0 Å². The van der Waals surface area contributed by atoms with Crippen molar-refractivity contribution in [2.24, 2.45) is 7.05 Å². The Morgan fingerprint density at radius 3 is 2.70 bits per heavy atom. The second-order valence-corrected chi connectivity index (χ2v) is 4.77. The molecular weight excluding hydrogens is 288 g/mol. The number of thioether (sulfide) groups is 1. The fraction of sp³-hybridized carbons (Fsp3) is 0.500. The first-order chi connectivity index (χ1) is 9.35. The van der Waals surface area contributed by atoms with Gasteiger partial charge in [-0.3, -0.25) is 24.2 Å². The maximum Gasteiger partial charge on any atom is 0.339 e. The third-order valence-electron chi connectivity index (χ3n) is 2.19. The number of esters is 1. The van der Waals surface area contributed by atoms with E-state index in [1.54, 1.807) is 0 Å². The number of ether oxygens (including phenoxy) is 1. The second-order valence-electron chi connectivity index (χ2n) is 3.79. The van der Waals surface area contributed by atoms with Gasteiger partial charge < -0.3 is 10.1 Å². The minimum atomic E-state index is -0.917. The van der Waals surface area contributed by atoms with Crippen LogP contribution in [0.1, 0.15) is 6.92 Å². The van der Waals surface area contributed by atoms with E-state index in [0.29, 0.717) is 0 Å². The minimum Gasteiger partial charge on any atom is -0.467 e. The van der Waals surface area contributed by atoms with Crippen LogP contribution in [0.2, 0.25) is 0 Å². The van der Waals surface area contributed by atoms with Crippen molar-refractivity contribution in [1.29, 1.82) is 0 Å². The zero-order valence-corrected chi connectivity index (χ0v) is 11.9. The van der Waals surface area contributed by atoms with Gasteiger partial charge in [-0.15, -0.1) is 0 Å². The molecule has 0 spiro atoms. The summed E-state index contributed by atoms with van der Waals surface area (Å²) in [6.45, 7) is 1.27. The maximum atomic E-state index is 11.5. The number of methoxy groups -OCH3 is 1. The van der Waals surface area contributed by atoms with Crippen LogP contribution in [0.3, 0.4) is 0 Å². The van der Waals surface area contributed by atoms with Crippen molar-refractivity contribution in [2.75, 3.05) is 12.9 Å². The summed E-state index contributed by atoms with van der Waals surface area (Å²) in [4.78, 5) is 48.3. The van der Waals surface area contributed by atoms with Crippen molar-refractivity contribution < 1.29 is 14.3 Å². The van der Waals surface area contributed by atoms with Crippen molar-refractivity contribution in [3.63, 3.8) is 0 Å². The molecule has 0 aliphatic heterocycles. The summed E-state index contributed by atoms with van der Waals surface area (Å²) >= 11 is 1.03. The fourth-order valence-electron chi connectivity index (χ4n) is 1.30. The van der Waals surface area contributed by atoms with Gasteiger partial charge >= 0.3 is 17.1 Å². The summed E-state index contributed by atoms with van der Waals surface area (Å²) in [6.07, 6.45) is 0. The van der Waals surface area contributed by atoms with E-state index in [0.717, 1.165) is 11.8 Å². The Morgan fingerprint density at radius 1 is 1.50 bits per heavy atom. The molecule has 20 heavy (non-hydrogen) atoms. The van der Waals surface area contributed by atoms with Gasteiger partial charge in [-0.05, 0) is 0 Å². The molecule has 9 nitrogen and oxygen atoms in total. The molecule has 1 aromatic heterocycles. The molecule has 1 atom stereocenters. The van der Waals surface area contributed by atoms with Crippen LogP contribution in [-0.4, -0.2) is 45.5 Å². The number of amides is 1. The summed E-state index contributed by atoms with van der Waals surface area (Å²) in [5.74, 6) is -0.884. The molecule has 0 fully saturated rings. The number of nitrogens with one attached hydrogen (secondary N) is 2. The highest BCUT2D eigenvalue weighted by molar-refractivity contribution is 7.99. The second kappa shape index (κ2) is 6.89. The van der Waals surface area contributed by atoms with E-state index in [1.807, 2.05) is 0 Å². The Kier molecular flexibility index (Phi) is 5.50. The lowest BCUT2D eigenvalue weighted by atomic mass is 10.3. The Bertz CT molecular complexity index is 623. The first-order valence-corrected chi connectivity index (χ1v) is 6.48. The van der Waals surface area contributed by atoms with E-state index in [2.05, 4.69) is 20.1 Å². The van der Waals surface area contributed by atoms with Crippen LogP contribution < -0.4 is 16.4 Å². The van der Waals surface area contributed by atoms with Gasteiger partial charge in [0, 0.05) is 19.7 Å². The van der Waals surface area contributed by atoms with E-state index in [1.165, 1.54) is 25.8 Å². The van der Waals surface area contributed by atoms with Crippen LogP contribution in [0, 0.1) is 0 Å². The zero-order chi connectivity index (χ0) is 15.3. The number of aryl methyl sites for hydroxylation is 1. The van der Waals surface area contributed by atoms with Crippen molar-refractivity contribution in [3.8, 4) is 0 Å². The number of H-pyrrole nitrogens is 1. The Balaban J connectivity index is 2.84. The SMILES string of the molecule is COC(=O)C(CSc1nc(=O)c(=O)[nH]n1C)NC(C)=O. The zero-order valence-electron chi connectivity index (χ0n) is 11.1. The molecule has 0 radical (unpaired) electrons. The third-order valence-corrected chi connectivity index (χ3v) is 3.31. The summed E-state index contributed by atoms with van der Waals surface area (Å²) < 4.78 is 5.82. The molecule has 1 heterocycles. The predicted molar refractivity (Wildman–Crippen MR) is 70.4 cm³/mol. The number of aromatic nitrogens is 3. The number of nitrogens with zero attached hydrogens (tertiary/aromatic N) is 2. The average Bonchev–Trinajstić information content (AvgIpc) is 2.38. The largest absolute Gasteiger partial charge is 0.467 e. The standard InChI is InChI=1S/C10H14N4O5S/c1-5(15)11-6(9(18)19-3)4-20-10-12-7(16)8(17)13-14(10)2/h6H,4H2,1-3H3,(H,11,15)(H,13,17). The van der Waals surface area contributed by atoms with Crippen molar-refractivity contribution >= 4 is 23.6 Å². The van der Waals surface area contributed by atoms with Crippen LogP contribution in [-0.2, 0) is 21.4 Å². The Labute approximate surface area is 117 Å². The molecule has 1 unspecified atom stereocenters. The fourth-order valence-corrected chi connectivity index (χ4v) is 2.23. The predicted octanol–water partition coefficient (Wildman–Crippen LogP) is -1.76. The molecule has 10 heteroatoms. The Hall–Kier alpha value is -2.10. The molecule has 2 N–H and O–H groups in total. The lowest BCUT2D eigenvalue weighted by molar-refractivity contribution is -0.144. The molecular formula is C10H14N4O5S. The Morgan fingerprint density at radius 2 is 2.15 bits per heavy atom. The van der Waals surface area contributed by atoms with Crippen molar-refractivity contribution in [1.82, 2.24) is 20.1 Å². The van der Waals surface area contributed by atoms with Gasteiger partial charge in [-0.1, -0.05) is 11.8 Å². The van der Waals surface area contributed by atoms with Gasteiger partial charge in [0.1, 0.15) is 6.04 Å². The molecule has 0 aromatic carbocycles. The molecule has 110 valence electrons. The molecule has 0 bridgehead atoms. The van der Waals surface area contributed by atoms with E-state index < -0.39 is 23.1 Å². The number of hydrogen-bond acceptors (Lipinski definition) is 7. The van der Waals surface area contributed by atoms with Crippen LogP contribution in [0.25, 0.3) is 0 Å². The summed E-state index contributed by atoms with van der Waals surface area (Å²) in [7, 11) is 2.71. The van der Waals surface area contributed by atoms with Crippen LogP contribution >= 0.6 is 11.8 Å². The minimum absolute atomic E-state index is 0.110.